The number of hydroxylamine groups is 2. The van der Waals surface area contributed by atoms with Gasteiger partial charge in [-0.05, 0) is 18.6 Å². The lowest BCUT2D eigenvalue weighted by Crippen LogP contribution is -2.17. The van der Waals surface area contributed by atoms with E-state index in [4.69, 9.17) is 4.84 Å². The fraction of sp³-hybridized carbons (Fsp3) is 0.826. The van der Waals surface area contributed by atoms with Gasteiger partial charge in [-0.2, -0.15) is 0 Å². The molecular weight excluding hydrogens is 306 g/mol. The fourth-order valence-corrected chi connectivity index (χ4v) is 3.46. The normalized spacial score (nSPS) is 13.4. The van der Waals surface area contributed by atoms with Gasteiger partial charge < -0.3 is 4.84 Å². The predicted molar refractivity (Wildman–Crippen MR) is 110 cm³/mol. The van der Waals surface area contributed by atoms with Gasteiger partial charge >= 0.3 is 0 Å². The van der Waals surface area contributed by atoms with Crippen LogP contribution in [0.4, 0.5) is 0 Å². The zero-order valence-electron chi connectivity index (χ0n) is 16.9. The monoisotopic (exact) mass is 349 g/mol. The molecule has 0 aromatic carbocycles. The SMILES string of the molecule is CCCCCCCCCCCCCCCCCCCN1C=CC=CO1. The quantitative estimate of drug-likeness (QED) is 0.233. The Kier molecular flexibility index (Phi) is 15.8. The Morgan fingerprint density at radius 2 is 1.00 bits per heavy atom. The summed E-state index contributed by atoms with van der Waals surface area (Å²) in [6, 6.07) is 0. The summed E-state index contributed by atoms with van der Waals surface area (Å²) in [6.45, 7) is 3.31. The van der Waals surface area contributed by atoms with Gasteiger partial charge in [-0.15, -0.1) is 0 Å². The molecule has 0 unspecified atom stereocenters. The zero-order chi connectivity index (χ0) is 17.8. The number of unbranched alkanes of at least 4 members (excludes halogenated alkanes) is 16. The number of allylic oxidation sites excluding steroid dienone is 2. The number of hydrogen-bond donors (Lipinski definition) is 0. The van der Waals surface area contributed by atoms with Gasteiger partial charge in [-0.1, -0.05) is 110 Å². The molecular formula is C23H43NO. The summed E-state index contributed by atoms with van der Waals surface area (Å²) in [5, 5.41) is 1.92. The lowest BCUT2D eigenvalue weighted by Gasteiger charge is -2.19. The van der Waals surface area contributed by atoms with Crippen LogP contribution in [0.15, 0.2) is 24.6 Å². The average molecular weight is 350 g/mol. The molecule has 0 atom stereocenters. The van der Waals surface area contributed by atoms with Crippen molar-refractivity contribution in [3.63, 3.8) is 0 Å². The van der Waals surface area contributed by atoms with Crippen LogP contribution in [0.2, 0.25) is 0 Å². The van der Waals surface area contributed by atoms with Crippen LogP contribution in [0.3, 0.4) is 0 Å². The molecule has 0 spiro atoms. The lowest BCUT2D eigenvalue weighted by molar-refractivity contribution is -0.0604. The number of rotatable bonds is 18. The second kappa shape index (κ2) is 17.9. The minimum Gasteiger partial charge on any atom is -0.388 e. The zero-order valence-corrected chi connectivity index (χ0v) is 16.9. The average Bonchev–Trinajstić information content (AvgIpc) is 2.65. The van der Waals surface area contributed by atoms with E-state index < -0.39 is 0 Å². The van der Waals surface area contributed by atoms with Crippen molar-refractivity contribution in [2.24, 2.45) is 0 Å². The minimum absolute atomic E-state index is 1.01. The van der Waals surface area contributed by atoms with Crippen LogP contribution in [0.5, 0.6) is 0 Å². The van der Waals surface area contributed by atoms with Crippen LogP contribution >= 0.6 is 0 Å². The smallest absolute Gasteiger partial charge is 0.119 e. The first-order valence-corrected chi connectivity index (χ1v) is 11.2. The molecule has 0 saturated heterocycles. The first kappa shape index (κ1) is 22.1. The van der Waals surface area contributed by atoms with Crippen molar-refractivity contribution in [2.45, 2.75) is 116 Å². The van der Waals surface area contributed by atoms with Gasteiger partial charge in [0, 0.05) is 6.20 Å². The highest BCUT2D eigenvalue weighted by atomic mass is 16.7. The molecule has 1 heterocycles. The molecule has 0 bridgehead atoms. The molecule has 0 amide bonds. The summed E-state index contributed by atoms with van der Waals surface area (Å²) in [6.07, 6.45) is 31.9. The van der Waals surface area contributed by atoms with Crippen LogP contribution in [-0.4, -0.2) is 11.6 Å². The second-order valence-corrected chi connectivity index (χ2v) is 7.57. The maximum atomic E-state index is 5.37. The number of hydrogen-bond acceptors (Lipinski definition) is 2. The predicted octanol–water partition coefficient (Wildman–Crippen LogP) is 7.91. The van der Waals surface area contributed by atoms with E-state index in [1.54, 1.807) is 6.26 Å². The number of nitrogens with zero attached hydrogens (tertiary/aromatic N) is 1. The van der Waals surface area contributed by atoms with Crippen LogP contribution in [0.1, 0.15) is 116 Å². The van der Waals surface area contributed by atoms with Gasteiger partial charge in [0.15, 0.2) is 0 Å². The topological polar surface area (TPSA) is 12.5 Å². The van der Waals surface area contributed by atoms with Crippen molar-refractivity contribution >= 4 is 0 Å². The van der Waals surface area contributed by atoms with Gasteiger partial charge in [0.1, 0.15) is 6.26 Å². The summed E-state index contributed by atoms with van der Waals surface area (Å²) in [5.41, 5.74) is 0. The van der Waals surface area contributed by atoms with E-state index in [0.717, 1.165) is 6.54 Å². The van der Waals surface area contributed by atoms with Crippen molar-refractivity contribution in [1.82, 2.24) is 5.06 Å². The Bertz CT molecular complexity index is 324. The Hall–Kier alpha value is -0.920. The van der Waals surface area contributed by atoms with Crippen LogP contribution in [0, 0.1) is 0 Å². The first-order chi connectivity index (χ1) is 12.4. The van der Waals surface area contributed by atoms with E-state index in [2.05, 4.69) is 6.92 Å². The summed E-state index contributed by atoms with van der Waals surface area (Å²) >= 11 is 0. The molecule has 0 aromatic heterocycles. The molecule has 0 saturated carbocycles. The molecule has 0 aromatic rings. The highest BCUT2D eigenvalue weighted by Gasteiger charge is 2.00. The van der Waals surface area contributed by atoms with E-state index in [9.17, 15) is 0 Å². The molecule has 0 fully saturated rings. The van der Waals surface area contributed by atoms with Gasteiger partial charge in [0.05, 0.1) is 6.54 Å². The molecule has 0 N–H and O–H groups in total. The molecule has 25 heavy (non-hydrogen) atoms. The van der Waals surface area contributed by atoms with Gasteiger partial charge in [0.25, 0.3) is 0 Å². The third-order valence-electron chi connectivity index (χ3n) is 5.12. The molecule has 1 aliphatic rings. The fourth-order valence-electron chi connectivity index (χ4n) is 3.46. The second-order valence-electron chi connectivity index (χ2n) is 7.57. The molecule has 1 rings (SSSR count). The van der Waals surface area contributed by atoms with Crippen molar-refractivity contribution in [2.75, 3.05) is 6.54 Å². The summed E-state index contributed by atoms with van der Waals surface area (Å²) in [4.78, 5) is 5.37. The maximum absolute atomic E-state index is 5.37. The Labute approximate surface area is 157 Å². The van der Waals surface area contributed by atoms with Gasteiger partial charge in [0.2, 0.25) is 0 Å². The highest BCUT2D eigenvalue weighted by Crippen LogP contribution is 2.14. The molecule has 0 radical (unpaired) electrons. The molecule has 2 heteroatoms. The summed E-state index contributed by atoms with van der Waals surface area (Å²) in [7, 11) is 0. The van der Waals surface area contributed by atoms with Crippen molar-refractivity contribution in [3.05, 3.63) is 24.6 Å². The van der Waals surface area contributed by atoms with E-state index >= 15 is 0 Å². The largest absolute Gasteiger partial charge is 0.388 e. The molecule has 2 nitrogen and oxygen atoms in total. The van der Waals surface area contributed by atoms with Crippen LogP contribution in [-0.2, 0) is 4.84 Å². The third kappa shape index (κ3) is 15.1. The lowest BCUT2D eigenvalue weighted by atomic mass is 10.0. The third-order valence-corrected chi connectivity index (χ3v) is 5.12. The first-order valence-electron chi connectivity index (χ1n) is 11.2. The highest BCUT2D eigenvalue weighted by molar-refractivity contribution is 5.01. The van der Waals surface area contributed by atoms with Crippen LogP contribution in [0.25, 0.3) is 0 Å². The van der Waals surface area contributed by atoms with E-state index in [0.29, 0.717) is 0 Å². The Morgan fingerprint density at radius 3 is 1.40 bits per heavy atom. The van der Waals surface area contributed by atoms with Gasteiger partial charge in [-0.3, -0.25) is 0 Å². The van der Waals surface area contributed by atoms with Crippen molar-refractivity contribution in [1.29, 1.82) is 0 Å². The van der Waals surface area contributed by atoms with E-state index in [1.807, 2.05) is 23.4 Å². The van der Waals surface area contributed by atoms with E-state index in [1.165, 1.54) is 109 Å². The summed E-state index contributed by atoms with van der Waals surface area (Å²) < 4.78 is 0. The minimum atomic E-state index is 1.01. The van der Waals surface area contributed by atoms with Crippen molar-refractivity contribution < 1.29 is 4.84 Å². The van der Waals surface area contributed by atoms with Gasteiger partial charge in [-0.25, -0.2) is 5.06 Å². The Morgan fingerprint density at radius 1 is 0.560 bits per heavy atom. The maximum Gasteiger partial charge on any atom is 0.119 e. The van der Waals surface area contributed by atoms with Crippen molar-refractivity contribution in [3.8, 4) is 0 Å². The summed E-state index contributed by atoms with van der Waals surface area (Å²) in [5.74, 6) is 0. The Balaban J connectivity index is 1.67. The standard InChI is InChI=1S/C23H43NO/c1-2-3-4-5-6-7-8-9-10-11-12-13-14-15-16-17-18-21-24-22-19-20-23-25-24/h19-20,22-23H,2-18,21H2,1H3. The molecule has 0 aliphatic carbocycles. The molecule has 146 valence electrons. The van der Waals surface area contributed by atoms with E-state index in [-0.39, 0.29) is 0 Å². The molecule has 1 aliphatic heterocycles. The van der Waals surface area contributed by atoms with Crippen LogP contribution < -0.4 is 0 Å².